The molecule has 1 aromatic rings. The van der Waals surface area contributed by atoms with Crippen LogP contribution in [0, 0.1) is 0 Å². The number of phenols is 2. The number of hydrogen-bond acceptors (Lipinski definition) is 5. The average Bonchev–Trinajstić information content (AvgIpc) is 2.67. The van der Waals surface area contributed by atoms with Gasteiger partial charge in [0.1, 0.15) is 11.5 Å². The molecule has 0 fully saturated rings. The molecule has 0 bridgehead atoms. The third kappa shape index (κ3) is 5.10. The number of allylic oxidation sites excluding steroid dienone is 5. The molecule has 0 aliphatic heterocycles. The van der Waals surface area contributed by atoms with Crippen LogP contribution < -0.4 is 0 Å². The van der Waals surface area contributed by atoms with Crippen LogP contribution in [-0.4, -0.2) is 31.8 Å². The van der Waals surface area contributed by atoms with Crippen LogP contribution in [-0.2, 0) is 10.4 Å². The van der Waals surface area contributed by atoms with E-state index < -0.39 is 27.8 Å². The highest BCUT2D eigenvalue weighted by molar-refractivity contribution is 6.51. The van der Waals surface area contributed by atoms with Crippen molar-refractivity contribution in [3.05, 3.63) is 58.2 Å². The standard InChI is InChI=1S/C25H31ClO5/c1-15(2)7-6-8-17(5)10-12-25(31)19-13-18(27)14-20(28)21(19)22(29)24(26,23(25)30)11-9-16(3)4/h7,9-10,13-14,27-28,31H,6,8,11-12H2,1-5H3/b17-10+/t24-,25-/m0/s1. The predicted octanol–water partition coefficient (Wildman–Crippen LogP) is 5.47. The molecule has 0 amide bonds. The van der Waals surface area contributed by atoms with Crippen molar-refractivity contribution in [3.63, 3.8) is 0 Å². The van der Waals surface area contributed by atoms with Crippen LogP contribution in [0.1, 0.15) is 76.2 Å². The van der Waals surface area contributed by atoms with E-state index >= 15 is 0 Å². The summed E-state index contributed by atoms with van der Waals surface area (Å²) in [6.45, 7) is 9.56. The van der Waals surface area contributed by atoms with Crippen LogP contribution in [0.25, 0.3) is 0 Å². The molecule has 0 saturated heterocycles. The summed E-state index contributed by atoms with van der Waals surface area (Å²) in [4.78, 5) is 24.6. The normalized spacial score (nSPS) is 23.4. The summed E-state index contributed by atoms with van der Waals surface area (Å²) >= 11 is 6.57. The molecule has 0 aromatic heterocycles. The number of ketones is 2. The van der Waals surface area contributed by atoms with Gasteiger partial charge in [0.15, 0.2) is 22.0 Å². The fraction of sp³-hybridized carbons (Fsp3) is 0.440. The fourth-order valence-corrected chi connectivity index (χ4v) is 4.00. The van der Waals surface area contributed by atoms with E-state index in [-0.39, 0.29) is 29.7 Å². The SMILES string of the molecule is CC(C)=CCC/C(C)=C/C[C@@]1(O)C(=O)[C@](Cl)(CC=C(C)C)C(=O)c2c(O)cc(O)cc21. The summed E-state index contributed by atoms with van der Waals surface area (Å²) < 4.78 is 0. The average molecular weight is 447 g/mol. The lowest BCUT2D eigenvalue weighted by molar-refractivity contribution is -0.140. The minimum absolute atomic E-state index is 0.111. The second kappa shape index (κ2) is 9.41. The van der Waals surface area contributed by atoms with E-state index in [9.17, 15) is 24.9 Å². The number of alkyl halides is 1. The van der Waals surface area contributed by atoms with Gasteiger partial charge in [0.25, 0.3) is 0 Å². The van der Waals surface area contributed by atoms with Crippen LogP contribution in [0.5, 0.6) is 11.5 Å². The van der Waals surface area contributed by atoms with Gasteiger partial charge in [0, 0.05) is 18.1 Å². The molecule has 2 rings (SSSR count). The Morgan fingerprint density at radius 1 is 0.968 bits per heavy atom. The van der Waals surface area contributed by atoms with Crippen molar-refractivity contribution in [1.82, 2.24) is 0 Å². The van der Waals surface area contributed by atoms with Crippen molar-refractivity contribution in [1.29, 1.82) is 0 Å². The lowest BCUT2D eigenvalue weighted by Crippen LogP contribution is -2.56. The maximum absolute atomic E-state index is 13.5. The van der Waals surface area contributed by atoms with Gasteiger partial charge in [0.2, 0.25) is 0 Å². The Morgan fingerprint density at radius 3 is 2.16 bits per heavy atom. The first kappa shape index (κ1) is 24.9. The van der Waals surface area contributed by atoms with Gasteiger partial charge in [-0.25, -0.2) is 0 Å². The molecular weight excluding hydrogens is 416 g/mol. The van der Waals surface area contributed by atoms with E-state index in [1.807, 2.05) is 34.6 Å². The monoisotopic (exact) mass is 446 g/mol. The third-order valence-corrected chi connectivity index (χ3v) is 6.00. The van der Waals surface area contributed by atoms with Gasteiger partial charge in [0.05, 0.1) is 5.56 Å². The predicted molar refractivity (Wildman–Crippen MR) is 123 cm³/mol. The topological polar surface area (TPSA) is 94.8 Å². The number of Topliss-reactive ketones (excluding diaryl/α,β-unsaturated/α-hetero) is 2. The lowest BCUT2D eigenvalue weighted by atomic mass is 9.68. The van der Waals surface area contributed by atoms with E-state index in [0.29, 0.717) is 0 Å². The number of aliphatic hydroxyl groups is 1. The Balaban J connectivity index is 2.57. The van der Waals surface area contributed by atoms with Crippen LogP contribution in [0.4, 0.5) is 0 Å². The molecule has 1 aliphatic carbocycles. The summed E-state index contributed by atoms with van der Waals surface area (Å²) in [5.74, 6) is -2.50. The van der Waals surface area contributed by atoms with Gasteiger partial charge in [-0.1, -0.05) is 34.9 Å². The van der Waals surface area contributed by atoms with E-state index in [1.54, 1.807) is 12.2 Å². The number of rotatable bonds is 7. The highest BCUT2D eigenvalue weighted by atomic mass is 35.5. The lowest BCUT2D eigenvalue weighted by Gasteiger charge is -2.40. The van der Waals surface area contributed by atoms with Crippen molar-refractivity contribution in [3.8, 4) is 11.5 Å². The van der Waals surface area contributed by atoms with Gasteiger partial charge in [-0.3, -0.25) is 9.59 Å². The van der Waals surface area contributed by atoms with Crippen LogP contribution in [0.3, 0.4) is 0 Å². The molecule has 0 radical (unpaired) electrons. The molecule has 168 valence electrons. The van der Waals surface area contributed by atoms with E-state index in [2.05, 4.69) is 6.08 Å². The van der Waals surface area contributed by atoms with Gasteiger partial charge < -0.3 is 15.3 Å². The van der Waals surface area contributed by atoms with Crippen LogP contribution in [0.15, 0.2) is 47.1 Å². The first-order chi connectivity index (χ1) is 14.3. The second-order valence-electron chi connectivity index (χ2n) is 8.77. The largest absolute Gasteiger partial charge is 0.508 e. The van der Waals surface area contributed by atoms with Gasteiger partial charge >= 0.3 is 0 Å². The molecule has 1 aliphatic rings. The molecule has 0 unspecified atom stereocenters. The molecule has 0 heterocycles. The minimum Gasteiger partial charge on any atom is -0.508 e. The Bertz CT molecular complexity index is 980. The molecule has 0 spiro atoms. The zero-order valence-electron chi connectivity index (χ0n) is 18.8. The molecule has 6 heteroatoms. The van der Waals surface area contributed by atoms with Crippen LogP contribution in [0.2, 0.25) is 0 Å². The molecule has 31 heavy (non-hydrogen) atoms. The van der Waals surface area contributed by atoms with Crippen molar-refractivity contribution in [2.24, 2.45) is 0 Å². The summed E-state index contributed by atoms with van der Waals surface area (Å²) in [6, 6.07) is 2.15. The maximum Gasteiger partial charge on any atom is 0.198 e. The molecule has 1 aromatic carbocycles. The first-order valence-electron chi connectivity index (χ1n) is 10.3. The number of hydrogen-bond donors (Lipinski definition) is 3. The third-order valence-electron chi connectivity index (χ3n) is 5.50. The smallest absolute Gasteiger partial charge is 0.198 e. The van der Waals surface area contributed by atoms with Gasteiger partial charge in [-0.05, 0) is 59.9 Å². The number of carbonyl (C=O) groups is 2. The second-order valence-corrected chi connectivity index (χ2v) is 9.41. The van der Waals surface area contributed by atoms with Crippen molar-refractivity contribution >= 4 is 23.2 Å². The van der Waals surface area contributed by atoms with Gasteiger partial charge in [-0.15, -0.1) is 11.6 Å². The number of phenolic OH excluding ortho intramolecular Hbond substituents is 2. The molecule has 2 atom stereocenters. The van der Waals surface area contributed by atoms with Gasteiger partial charge in [-0.2, -0.15) is 0 Å². The molecule has 0 saturated carbocycles. The fourth-order valence-electron chi connectivity index (χ4n) is 3.67. The number of carbonyl (C=O) groups excluding carboxylic acids is 2. The highest BCUT2D eigenvalue weighted by Gasteiger charge is 2.59. The Kier molecular flexibility index (Phi) is 7.56. The Labute approximate surface area is 188 Å². The van der Waals surface area contributed by atoms with Crippen LogP contribution >= 0.6 is 11.6 Å². The number of benzene rings is 1. The van der Waals surface area contributed by atoms with E-state index in [4.69, 9.17) is 11.6 Å². The Hall–Kier alpha value is -2.37. The Morgan fingerprint density at radius 2 is 1.58 bits per heavy atom. The summed E-state index contributed by atoms with van der Waals surface area (Å²) in [5.41, 5.74) is 0.521. The van der Waals surface area contributed by atoms with E-state index in [0.717, 1.165) is 36.1 Å². The zero-order chi connectivity index (χ0) is 23.6. The first-order valence-corrected chi connectivity index (χ1v) is 10.7. The quantitative estimate of drug-likeness (QED) is 0.293. The molecule has 5 nitrogen and oxygen atoms in total. The van der Waals surface area contributed by atoms with Crippen molar-refractivity contribution in [2.75, 3.05) is 0 Å². The summed E-state index contributed by atoms with van der Waals surface area (Å²) in [6.07, 6.45) is 6.84. The van der Waals surface area contributed by atoms with E-state index in [1.165, 1.54) is 5.57 Å². The number of halogens is 1. The van der Waals surface area contributed by atoms with Crippen molar-refractivity contribution < 1.29 is 24.9 Å². The highest BCUT2D eigenvalue weighted by Crippen LogP contribution is 2.48. The molecule has 3 N–H and O–H groups in total. The maximum atomic E-state index is 13.5. The molecular formula is C25H31ClO5. The zero-order valence-corrected chi connectivity index (χ0v) is 19.5. The minimum atomic E-state index is -2.16. The van der Waals surface area contributed by atoms with Crippen molar-refractivity contribution in [2.45, 2.75) is 70.8 Å². The number of aromatic hydroxyl groups is 2. The summed E-state index contributed by atoms with van der Waals surface area (Å²) in [7, 11) is 0. The summed E-state index contributed by atoms with van der Waals surface area (Å²) in [5, 5.41) is 31.9. The number of fused-ring (bicyclic) bond motifs is 1.